The number of carbonyl (C=O) groups excluding carboxylic acids is 1. The molecular formula is C18H22N2O5S. The van der Waals surface area contributed by atoms with Crippen molar-refractivity contribution < 1.29 is 22.7 Å². The Labute approximate surface area is 153 Å². The maximum atomic E-state index is 12.6. The van der Waals surface area contributed by atoms with Gasteiger partial charge in [-0.2, -0.15) is 4.31 Å². The summed E-state index contributed by atoms with van der Waals surface area (Å²) in [6.45, 7) is 0.393. The largest absolute Gasteiger partial charge is 0.497 e. The number of rotatable bonds is 8. The maximum Gasteiger partial charge on any atom is 0.251 e. The van der Waals surface area contributed by atoms with Crippen molar-refractivity contribution in [3.8, 4) is 11.5 Å². The van der Waals surface area contributed by atoms with Crippen LogP contribution < -0.4 is 14.8 Å². The summed E-state index contributed by atoms with van der Waals surface area (Å²) in [7, 11) is 0.932. The van der Waals surface area contributed by atoms with Crippen LogP contribution >= 0.6 is 0 Å². The lowest BCUT2D eigenvalue weighted by Gasteiger charge is -2.17. The molecule has 0 aliphatic rings. The minimum atomic E-state index is -3.65. The molecule has 0 spiro atoms. The van der Waals surface area contributed by atoms with Crippen molar-refractivity contribution in [2.45, 2.75) is 4.90 Å². The highest BCUT2D eigenvalue weighted by Crippen LogP contribution is 2.18. The molecule has 0 radical (unpaired) electrons. The molecule has 8 heteroatoms. The number of nitrogens with zero attached hydrogens (tertiary/aromatic N) is 1. The summed E-state index contributed by atoms with van der Waals surface area (Å²) in [6.07, 6.45) is 0. The van der Waals surface area contributed by atoms with Gasteiger partial charge in [-0.15, -0.1) is 0 Å². The smallest absolute Gasteiger partial charge is 0.251 e. The molecule has 2 rings (SSSR count). The lowest BCUT2D eigenvalue weighted by molar-refractivity contribution is 0.0963. The number of amides is 1. The van der Waals surface area contributed by atoms with Crippen LogP contribution in [0.5, 0.6) is 11.5 Å². The van der Waals surface area contributed by atoms with E-state index in [4.69, 9.17) is 9.47 Å². The third-order valence-corrected chi connectivity index (χ3v) is 5.66. The van der Waals surface area contributed by atoms with Crippen LogP contribution in [0.2, 0.25) is 0 Å². The highest BCUT2D eigenvalue weighted by molar-refractivity contribution is 7.89. The fourth-order valence-electron chi connectivity index (χ4n) is 2.19. The summed E-state index contributed by atoms with van der Waals surface area (Å²) in [5.74, 6) is 1.08. The topological polar surface area (TPSA) is 84.9 Å². The zero-order chi connectivity index (χ0) is 19.2. The molecule has 140 valence electrons. The van der Waals surface area contributed by atoms with Gasteiger partial charge < -0.3 is 14.8 Å². The fourth-order valence-corrected chi connectivity index (χ4v) is 3.34. The van der Waals surface area contributed by atoms with E-state index in [1.807, 2.05) is 0 Å². The molecule has 0 saturated heterocycles. The first kappa shape index (κ1) is 19.7. The van der Waals surface area contributed by atoms with E-state index in [-0.39, 0.29) is 24.0 Å². The monoisotopic (exact) mass is 378 g/mol. The Balaban J connectivity index is 1.96. The predicted molar refractivity (Wildman–Crippen MR) is 98.1 cm³/mol. The van der Waals surface area contributed by atoms with E-state index in [1.165, 1.54) is 42.7 Å². The predicted octanol–water partition coefficient (Wildman–Crippen LogP) is 1.75. The van der Waals surface area contributed by atoms with Gasteiger partial charge in [0.15, 0.2) is 0 Å². The molecule has 2 aromatic carbocycles. The first-order valence-corrected chi connectivity index (χ1v) is 9.38. The van der Waals surface area contributed by atoms with Crippen LogP contribution in [0.1, 0.15) is 10.4 Å². The van der Waals surface area contributed by atoms with Crippen molar-refractivity contribution in [2.24, 2.45) is 0 Å². The Morgan fingerprint density at radius 2 is 1.62 bits per heavy atom. The lowest BCUT2D eigenvalue weighted by Crippen LogP contribution is -2.31. The highest BCUT2D eigenvalue weighted by Gasteiger charge is 2.21. The summed E-state index contributed by atoms with van der Waals surface area (Å²) in [5.41, 5.74) is 0.400. The van der Waals surface area contributed by atoms with Gasteiger partial charge in [0, 0.05) is 26.2 Å². The molecule has 1 N–H and O–H groups in total. The molecule has 0 fully saturated rings. The van der Waals surface area contributed by atoms with Crippen LogP contribution in [0.4, 0.5) is 0 Å². The summed E-state index contributed by atoms with van der Waals surface area (Å²) in [4.78, 5) is 11.7. The second-order valence-corrected chi connectivity index (χ2v) is 7.50. The number of carbonyl (C=O) groups is 1. The van der Waals surface area contributed by atoms with E-state index in [2.05, 4.69) is 5.32 Å². The van der Waals surface area contributed by atoms with Crippen molar-refractivity contribution >= 4 is 15.9 Å². The zero-order valence-corrected chi connectivity index (χ0v) is 15.7. The molecule has 0 atom stereocenters. The maximum absolute atomic E-state index is 12.6. The average Bonchev–Trinajstić information content (AvgIpc) is 2.67. The van der Waals surface area contributed by atoms with Crippen LogP contribution in [0, 0.1) is 0 Å². The molecule has 0 unspecified atom stereocenters. The molecule has 7 nitrogen and oxygen atoms in total. The third kappa shape index (κ3) is 4.74. The van der Waals surface area contributed by atoms with Crippen molar-refractivity contribution in [3.05, 3.63) is 54.1 Å². The molecule has 2 aromatic rings. The first-order chi connectivity index (χ1) is 12.4. The Morgan fingerprint density at radius 3 is 2.15 bits per heavy atom. The average molecular weight is 378 g/mol. The number of hydrogen-bond acceptors (Lipinski definition) is 5. The van der Waals surface area contributed by atoms with Crippen molar-refractivity contribution in [2.75, 3.05) is 34.4 Å². The van der Waals surface area contributed by atoms with Gasteiger partial charge in [-0.05, 0) is 48.5 Å². The molecule has 1 amide bonds. The molecule has 0 aliphatic carbocycles. The molecule has 0 bridgehead atoms. The summed E-state index contributed by atoms with van der Waals surface area (Å²) < 4.78 is 37.0. The van der Waals surface area contributed by atoms with Crippen molar-refractivity contribution in [1.29, 1.82) is 0 Å². The van der Waals surface area contributed by atoms with Crippen molar-refractivity contribution in [1.82, 2.24) is 9.62 Å². The third-order valence-electron chi connectivity index (χ3n) is 3.79. The second-order valence-electron chi connectivity index (χ2n) is 5.45. The molecule has 0 aromatic heterocycles. The SMILES string of the molecule is CNC(=O)c1ccc(S(=O)(=O)N(C)CCOc2ccc(OC)cc2)cc1. The van der Waals surface area contributed by atoms with Crippen LogP contribution in [-0.2, 0) is 10.0 Å². The van der Waals surface area contributed by atoms with Gasteiger partial charge in [-0.3, -0.25) is 4.79 Å². The fraction of sp³-hybridized carbons (Fsp3) is 0.278. The van der Waals surface area contributed by atoms with Gasteiger partial charge in [0.2, 0.25) is 10.0 Å². The Kier molecular flexibility index (Phi) is 6.59. The Morgan fingerprint density at radius 1 is 1.04 bits per heavy atom. The van der Waals surface area contributed by atoms with Gasteiger partial charge in [-0.1, -0.05) is 0 Å². The second kappa shape index (κ2) is 8.68. The van der Waals surface area contributed by atoms with Gasteiger partial charge in [0.1, 0.15) is 18.1 Å². The number of methoxy groups -OCH3 is 1. The van der Waals surface area contributed by atoms with E-state index in [1.54, 1.807) is 31.4 Å². The van der Waals surface area contributed by atoms with E-state index >= 15 is 0 Å². The van der Waals surface area contributed by atoms with Crippen LogP contribution in [0.3, 0.4) is 0 Å². The zero-order valence-electron chi connectivity index (χ0n) is 14.9. The van der Waals surface area contributed by atoms with Crippen LogP contribution in [-0.4, -0.2) is 53.0 Å². The summed E-state index contributed by atoms with van der Waals surface area (Å²) in [6, 6.07) is 12.8. The normalized spacial score (nSPS) is 11.2. The molecular weight excluding hydrogens is 356 g/mol. The molecule has 0 heterocycles. The number of hydrogen-bond donors (Lipinski definition) is 1. The molecule has 26 heavy (non-hydrogen) atoms. The number of likely N-dealkylation sites (N-methyl/N-ethyl adjacent to an activating group) is 1. The van der Waals surface area contributed by atoms with Crippen LogP contribution in [0.15, 0.2) is 53.4 Å². The number of sulfonamides is 1. The quantitative estimate of drug-likeness (QED) is 0.757. The number of nitrogens with one attached hydrogen (secondary N) is 1. The molecule has 0 saturated carbocycles. The van der Waals surface area contributed by atoms with Crippen LogP contribution in [0.25, 0.3) is 0 Å². The van der Waals surface area contributed by atoms with Gasteiger partial charge in [0.05, 0.1) is 12.0 Å². The van der Waals surface area contributed by atoms with Gasteiger partial charge >= 0.3 is 0 Å². The number of ether oxygens (including phenoxy) is 2. The highest BCUT2D eigenvalue weighted by atomic mass is 32.2. The summed E-state index contributed by atoms with van der Waals surface area (Å²) in [5, 5.41) is 2.49. The van der Waals surface area contributed by atoms with E-state index < -0.39 is 10.0 Å². The number of benzene rings is 2. The minimum absolute atomic E-state index is 0.122. The van der Waals surface area contributed by atoms with Gasteiger partial charge in [-0.25, -0.2) is 8.42 Å². The van der Waals surface area contributed by atoms with E-state index in [0.29, 0.717) is 11.3 Å². The lowest BCUT2D eigenvalue weighted by atomic mass is 10.2. The first-order valence-electron chi connectivity index (χ1n) is 7.94. The van der Waals surface area contributed by atoms with Crippen molar-refractivity contribution in [3.63, 3.8) is 0 Å². The van der Waals surface area contributed by atoms with E-state index in [9.17, 15) is 13.2 Å². The van der Waals surface area contributed by atoms with Gasteiger partial charge in [0.25, 0.3) is 5.91 Å². The standard InChI is InChI=1S/C18H22N2O5S/c1-19-18(21)14-4-10-17(11-5-14)26(22,23)20(2)12-13-25-16-8-6-15(24-3)7-9-16/h4-11H,12-13H2,1-3H3,(H,19,21). The molecule has 0 aliphatic heterocycles. The Bertz CT molecular complexity index is 833. The minimum Gasteiger partial charge on any atom is -0.497 e. The van der Waals surface area contributed by atoms with E-state index in [0.717, 1.165) is 5.75 Å². The summed E-state index contributed by atoms with van der Waals surface area (Å²) >= 11 is 0. The Hall–Kier alpha value is -2.58.